The summed E-state index contributed by atoms with van der Waals surface area (Å²) >= 11 is 0. The lowest BCUT2D eigenvalue weighted by Gasteiger charge is -2.36. The Morgan fingerprint density at radius 2 is 2.00 bits per heavy atom. The van der Waals surface area contributed by atoms with E-state index < -0.39 is 0 Å². The van der Waals surface area contributed by atoms with Gasteiger partial charge in [-0.3, -0.25) is 18.8 Å². The van der Waals surface area contributed by atoms with E-state index in [2.05, 4.69) is 4.90 Å². The first kappa shape index (κ1) is 15.0. The molecule has 7 heteroatoms. The zero-order valence-electron chi connectivity index (χ0n) is 12.1. The Morgan fingerprint density at radius 1 is 1.30 bits per heavy atom. The number of aliphatic hydroxyl groups is 1. The fraction of sp³-hybridized carbons (Fsp3) is 0.692. The SMILES string of the molecule is CC1CN(Cc2cc(=O)n(C)c(=O)n2C)CC(CO)O1. The van der Waals surface area contributed by atoms with Crippen LogP contribution in [-0.4, -0.2) is 51.0 Å². The molecule has 2 unspecified atom stereocenters. The number of aromatic nitrogens is 2. The minimum atomic E-state index is -0.326. The molecule has 0 radical (unpaired) electrons. The molecule has 2 atom stereocenters. The molecule has 112 valence electrons. The third-order valence-corrected chi connectivity index (χ3v) is 3.62. The smallest absolute Gasteiger partial charge is 0.330 e. The number of morpholine rings is 1. The summed E-state index contributed by atoms with van der Waals surface area (Å²) in [7, 11) is 3.12. The molecule has 1 aliphatic heterocycles. The summed E-state index contributed by atoms with van der Waals surface area (Å²) in [5, 5.41) is 9.21. The molecular weight excluding hydrogens is 262 g/mol. The Bertz CT molecular complexity index is 592. The highest BCUT2D eigenvalue weighted by Crippen LogP contribution is 2.13. The van der Waals surface area contributed by atoms with Crippen LogP contribution in [0.5, 0.6) is 0 Å². The summed E-state index contributed by atoms with van der Waals surface area (Å²) in [5.74, 6) is 0. The molecule has 0 amide bonds. The number of nitrogens with zero attached hydrogens (tertiary/aromatic N) is 3. The van der Waals surface area contributed by atoms with Crippen molar-refractivity contribution in [3.05, 3.63) is 32.6 Å². The predicted octanol–water partition coefficient (Wildman–Crippen LogP) is -1.33. The summed E-state index contributed by atoms with van der Waals surface area (Å²) in [6.07, 6.45) is -0.202. The second-order valence-corrected chi connectivity index (χ2v) is 5.32. The van der Waals surface area contributed by atoms with Crippen LogP contribution in [0.1, 0.15) is 12.6 Å². The molecule has 0 aliphatic carbocycles. The van der Waals surface area contributed by atoms with E-state index in [4.69, 9.17) is 4.74 Å². The Hall–Kier alpha value is -1.44. The maximum Gasteiger partial charge on any atom is 0.330 e. The number of hydrogen-bond acceptors (Lipinski definition) is 5. The summed E-state index contributed by atoms with van der Waals surface area (Å²) in [6, 6.07) is 1.48. The van der Waals surface area contributed by atoms with Gasteiger partial charge in [-0.1, -0.05) is 0 Å². The standard InChI is InChI=1S/C13H21N3O4/c1-9-5-16(7-11(8-17)20-9)6-10-4-12(18)15(3)13(19)14(10)2/h4,9,11,17H,5-8H2,1-3H3. The van der Waals surface area contributed by atoms with Gasteiger partial charge >= 0.3 is 5.69 Å². The van der Waals surface area contributed by atoms with Crippen LogP contribution < -0.4 is 11.2 Å². The highest BCUT2D eigenvalue weighted by molar-refractivity contribution is 5.02. The van der Waals surface area contributed by atoms with Crippen LogP contribution >= 0.6 is 0 Å². The van der Waals surface area contributed by atoms with Gasteiger partial charge < -0.3 is 9.84 Å². The van der Waals surface area contributed by atoms with Crippen LogP contribution in [0.25, 0.3) is 0 Å². The van der Waals surface area contributed by atoms with Crippen molar-refractivity contribution in [2.75, 3.05) is 19.7 Å². The van der Waals surface area contributed by atoms with Crippen molar-refractivity contribution in [1.82, 2.24) is 14.0 Å². The van der Waals surface area contributed by atoms with E-state index in [9.17, 15) is 14.7 Å². The van der Waals surface area contributed by atoms with Gasteiger partial charge in [0.25, 0.3) is 5.56 Å². The lowest BCUT2D eigenvalue weighted by atomic mass is 10.2. The third kappa shape index (κ3) is 3.00. The first-order valence-electron chi connectivity index (χ1n) is 6.67. The molecule has 1 N–H and O–H groups in total. The van der Waals surface area contributed by atoms with Gasteiger partial charge in [-0.05, 0) is 6.92 Å². The molecule has 0 aromatic carbocycles. The zero-order valence-corrected chi connectivity index (χ0v) is 12.1. The lowest BCUT2D eigenvalue weighted by molar-refractivity contribution is -0.0976. The number of hydrogen-bond donors (Lipinski definition) is 1. The molecule has 2 rings (SSSR count). The quantitative estimate of drug-likeness (QED) is 0.743. The van der Waals surface area contributed by atoms with Crippen molar-refractivity contribution < 1.29 is 9.84 Å². The number of aliphatic hydroxyl groups excluding tert-OH is 1. The first-order chi connectivity index (χ1) is 9.42. The van der Waals surface area contributed by atoms with Crippen molar-refractivity contribution in [2.24, 2.45) is 14.1 Å². The maximum absolute atomic E-state index is 11.9. The molecule has 1 fully saturated rings. The van der Waals surface area contributed by atoms with E-state index in [1.807, 2.05) is 6.92 Å². The Morgan fingerprint density at radius 3 is 2.65 bits per heavy atom. The van der Waals surface area contributed by atoms with Crippen LogP contribution in [0, 0.1) is 0 Å². The Kier molecular flexibility index (Phi) is 4.42. The largest absolute Gasteiger partial charge is 0.394 e. The van der Waals surface area contributed by atoms with Gasteiger partial charge in [-0.15, -0.1) is 0 Å². The van der Waals surface area contributed by atoms with Gasteiger partial charge in [0.2, 0.25) is 0 Å². The van der Waals surface area contributed by atoms with E-state index in [-0.39, 0.29) is 30.1 Å². The molecular formula is C13H21N3O4. The summed E-state index contributed by atoms with van der Waals surface area (Å²) < 4.78 is 8.14. The molecule has 0 saturated carbocycles. The molecule has 1 saturated heterocycles. The monoisotopic (exact) mass is 283 g/mol. The predicted molar refractivity (Wildman–Crippen MR) is 73.6 cm³/mol. The minimum Gasteiger partial charge on any atom is -0.394 e. The third-order valence-electron chi connectivity index (χ3n) is 3.62. The number of ether oxygens (including phenoxy) is 1. The van der Waals surface area contributed by atoms with Crippen LogP contribution in [-0.2, 0) is 25.4 Å². The van der Waals surface area contributed by atoms with Gasteiger partial charge in [0.1, 0.15) is 0 Å². The zero-order chi connectivity index (χ0) is 14.9. The molecule has 20 heavy (non-hydrogen) atoms. The fourth-order valence-corrected chi connectivity index (χ4v) is 2.53. The molecule has 1 aliphatic rings. The van der Waals surface area contributed by atoms with Gasteiger partial charge in [-0.2, -0.15) is 0 Å². The maximum atomic E-state index is 11.9. The average Bonchev–Trinajstić information content (AvgIpc) is 2.41. The highest BCUT2D eigenvalue weighted by Gasteiger charge is 2.25. The first-order valence-corrected chi connectivity index (χ1v) is 6.67. The van der Waals surface area contributed by atoms with Crippen molar-refractivity contribution in [2.45, 2.75) is 25.7 Å². The van der Waals surface area contributed by atoms with Crippen molar-refractivity contribution in [3.63, 3.8) is 0 Å². The number of rotatable bonds is 3. The van der Waals surface area contributed by atoms with Crippen LogP contribution in [0.15, 0.2) is 15.7 Å². The van der Waals surface area contributed by atoms with Crippen LogP contribution in [0.4, 0.5) is 0 Å². The topological polar surface area (TPSA) is 76.7 Å². The van der Waals surface area contributed by atoms with Gasteiger partial charge in [0.15, 0.2) is 0 Å². The Balaban J connectivity index is 2.22. The molecule has 0 spiro atoms. The highest BCUT2D eigenvalue weighted by atomic mass is 16.5. The van der Waals surface area contributed by atoms with E-state index in [1.165, 1.54) is 17.7 Å². The second-order valence-electron chi connectivity index (χ2n) is 5.32. The molecule has 2 heterocycles. The van der Waals surface area contributed by atoms with Crippen molar-refractivity contribution in [1.29, 1.82) is 0 Å². The van der Waals surface area contributed by atoms with Gasteiger partial charge in [0, 0.05) is 45.5 Å². The van der Waals surface area contributed by atoms with Gasteiger partial charge in [-0.25, -0.2) is 4.79 Å². The molecule has 7 nitrogen and oxygen atoms in total. The van der Waals surface area contributed by atoms with E-state index in [0.29, 0.717) is 25.3 Å². The Labute approximate surface area is 117 Å². The molecule has 1 aromatic rings. The van der Waals surface area contributed by atoms with Crippen LogP contribution in [0.2, 0.25) is 0 Å². The lowest BCUT2D eigenvalue weighted by Crippen LogP contribution is -2.48. The van der Waals surface area contributed by atoms with E-state index in [0.717, 1.165) is 4.57 Å². The van der Waals surface area contributed by atoms with E-state index >= 15 is 0 Å². The van der Waals surface area contributed by atoms with Crippen molar-refractivity contribution >= 4 is 0 Å². The molecule has 1 aromatic heterocycles. The van der Waals surface area contributed by atoms with E-state index in [1.54, 1.807) is 7.05 Å². The summed E-state index contributed by atoms with van der Waals surface area (Å²) in [6.45, 7) is 3.70. The average molecular weight is 283 g/mol. The summed E-state index contributed by atoms with van der Waals surface area (Å²) in [4.78, 5) is 25.7. The summed E-state index contributed by atoms with van der Waals surface area (Å²) in [5.41, 5.74) is 0.0412. The molecule has 0 bridgehead atoms. The normalized spacial score (nSPS) is 24.0. The van der Waals surface area contributed by atoms with Gasteiger partial charge in [0.05, 0.1) is 18.8 Å². The van der Waals surface area contributed by atoms with Crippen LogP contribution in [0.3, 0.4) is 0 Å². The second kappa shape index (κ2) is 5.90. The fourth-order valence-electron chi connectivity index (χ4n) is 2.53. The minimum absolute atomic E-state index is 0.0180. The van der Waals surface area contributed by atoms with Crippen molar-refractivity contribution in [3.8, 4) is 0 Å².